The highest BCUT2D eigenvalue weighted by atomic mass is 19.3. The molecule has 0 saturated carbocycles. The highest BCUT2D eigenvalue weighted by molar-refractivity contribution is 5.64. The molecule has 3 heterocycles. The first-order chi connectivity index (χ1) is 9.56. The van der Waals surface area contributed by atoms with Gasteiger partial charge in [-0.3, -0.25) is 0 Å². The van der Waals surface area contributed by atoms with Crippen LogP contribution in [0, 0.1) is 5.82 Å². The summed E-state index contributed by atoms with van der Waals surface area (Å²) in [7, 11) is 0. The van der Waals surface area contributed by atoms with E-state index in [9.17, 15) is 13.2 Å². The van der Waals surface area contributed by atoms with Crippen molar-refractivity contribution in [2.24, 2.45) is 0 Å². The number of anilines is 1. The fraction of sp³-hybridized carbons (Fsp3) is 0.0833. The topological polar surface area (TPSA) is 69.1 Å². The Morgan fingerprint density at radius 1 is 1.25 bits per heavy atom. The first-order valence-electron chi connectivity index (χ1n) is 5.61. The van der Waals surface area contributed by atoms with Crippen molar-refractivity contribution in [3.63, 3.8) is 0 Å². The van der Waals surface area contributed by atoms with Crippen molar-refractivity contribution in [3.05, 3.63) is 42.0 Å². The Morgan fingerprint density at radius 2 is 2.05 bits per heavy atom. The molecule has 3 aromatic rings. The summed E-state index contributed by atoms with van der Waals surface area (Å²) in [6, 6.07) is 5.27. The van der Waals surface area contributed by atoms with Crippen LogP contribution in [-0.2, 0) is 0 Å². The van der Waals surface area contributed by atoms with Gasteiger partial charge in [0.25, 0.3) is 6.43 Å². The lowest BCUT2D eigenvalue weighted by molar-refractivity contribution is 0.146. The predicted octanol–water partition coefficient (Wildman–Crippen LogP) is 2.45. The zero-order valence-corrected chi connectivity index (χ0v) is 9.96. The Balaban J connectivity index is 2.24. The van der Waals surface area contributed by atoms with Crippen LogP contribution in [0.4, 0.5) is 19.1 Å². The summed E-state index contributed by atoms with van der Waals surface area (Å²) in [5.41, 5.74) is 5.57. The van der Waals surface area contributed by atoms with Crippen LogP contribution in [0.2, 0.25) is 0 Å². The number of fused-ring (bicyclic) bond motifs is 1. The maximum absolute atomic E-state index is 13.8. The Labute approximate surface area is 110 Å². The maximum atomic E-state index is 13.8. The van der Waals surface area contributed by atoms with Crippen LogP contribution < -0.4 is 5.73 Å². The Hall–Kier alpha value is -2.64. The second-order valence-electron chi connectivity index (χ2n) is 4.04. The van der Waals surface area contributed by atoms with Gasteiger partial charge in [-0.05, 0) is 12.1 Å². The quantitative estimate of drug-likeness (QED) is 0.782. The Kier molecular flexibility index (Phi) is 2.78. The van der Waals surface area contributed by atoms with E-state index in [1.165, 1.54) is 28.9 Å². The largest absolute Gasteiger partial charge is 0.367 e. The zero-order valence-electron chi connectivity index (χ0n) is 9.96. The fourth-order valence-electron chi connectivity index (χ4n) is 1.86. The van der Waals surface area contributed by atoms with Gasteiger partial charge < -0.3 is 5.73 Å². The van der Waals surface area contributed by atoms with Gasteiger partial charge >= 0.3 is 0 Å². The minimum atomic E-state index is -2.70. The van der Waals surface area contributed by atoms with Gasteiger partial charge in [-0.2, -0.15) is 0 Å². The molecular formula is C12H8F3N5. The Bertz CT molecular complexity index is 784. The minimum absolute atomic E-state index is 0.0561. The number of rotatable bonds is 2. The van der Waals surface area contributed by atoms with E-state index in [0.717, 1.165) is 6.07 Å². The van der Waals surface area contributed by atoms with Crippen molar-refractivity contribution in [2.45, 2.75) is 6.43 Å². The first-order valence-corrected chi connectivity index (χ1v) is 5.61. The molecule has 0 amide bonds. The van der Waals surface area contributed by atoms with Crippen LogP contribution in [0.5, 0.6) is 0 Å². The zero-order chi connectivity index (χ0) is 14.3. The summed E-state index contributed by atoms with van der Waals surface area (Å²) in [5, 5.41) is 3.86. The molecule has 3 aromatic heterocycles. The van der Waals surface area contributed by atoms with Crippen molar-refractivity contribution in [3.8, 4) is 11.4 Å². The van der Waals surface area contributed by atoms with Crippen LogP contribution in [-0.4, -0.2) is 19.6 Å². The molecule has 0 unspecified atom stereocenters. The highest BCUT2D eigenvalue weighted by Crippen LogP contribution is 2.25. The molecule has 0 spiro atoms. The molecule has 8 heteroatoms. The van der Waals surface area contributed by atoms with E-state index in [2.05, 4.69) is 15.1 Å². The van der Waals surface area contributed by atoms with Crippen LogP contribution in [0.15, 0.2) is 30.5 Å². The molecule has 5 nitrogen and oxygen atoms in total. The third kappa shape index (κ3) is 1.94. The third-order valence-corrected chi connectivity index (χ3v) is 2.74. The molecule has 102 valence electrons. The van der Waals surface area contributed by atoms with E-state index in [4.69, 9.17) is 5.73 Å². The maximum Gasteiger partial charge on any atom is 0.280 e. The monoisotopic (exact) mass is 279 g/mol. The van der Waals surface area contributed by atoms with Gasteiger partial charge in [0, 0.05) is 6.07 Å². The summed E-state index contributed by atoms with van der Waals surface area (Å²) in [6.45, 7) is 0. The van der Waals surface area contributed by atoms with E-state index >= 15 is 0 Å². The lowest BCUT2D eigenvalue weighted by atomic mass is 10.2. The number of nitrogens with two attached hydrogens (primary N) is 1. The second kappa shape index (κ2) is 4.48. The summed E-state index contributed by atoms with van der Waals surface area (Å²) in [4.78, 5) is 7.48. The van der Waals surface area contributed by atoms with E-state index < -0.39 is 12.2 Å². The molecular weight excluding hydrogens is 271 g/mol. The number of alkyl halides is 2. The number of hydrogen-bond acceptors (Lipinski definition) is 4. The van der Waals surface area contributed by atoms with Crippen LogP contribution in [0.25, 0.3) is 16.9 Å². The fourth-order valence-corrected chi connectivity index (χ4v) is 1.86. The lowest BCUT2D eigenvalue weighted by Crippen LogP contribution is -2.02. The standard InChI is InChI=1S/C12H8F3N5/c13-6-4-9(20-10(6)5-17-12(16)19-20)7-2-1-3-8(18-7)11(14)15/h1-5,11H,(H2,16,19). The van der Waals surface area contributed by atoms with Crippen molar-refractivity contribution >= 4 is 11.5 Å². The summed E-state index contributed by atoms with van der Waals surface area (Å²) < 4.78 is 40.3. The summed E-state index contributed by atoms with van der Waals surface area (Å²) in [5.74, 6) is -0.636. The van der Waals surface area contributed by atoms with Gasteiger partial charge in [0.05, 0.1) is 17.6 Å². The van der Waals surface area contributed by atoms with Gasteiger partial charge in [0.2, 0.25) is 5.95 Å². The van der Waals surface area contributed by atoms with Crippen molar-refractivity contribution in [1.29, 1.82) is 0 Å². The molecule has 0 bridgehead atoms. The highest BCUT2D eigenvalue weighted by Gasteiger charge is 2.16. The number of hydrogen-bond donors (Lipinski definition) is 1. The Morgan fingerprint density at radius 3 is 2.80 bits per heavy atom. The van der Waals surface area contributed by atoms with E-state index in [-0.39, 0.29) is 28.5 Å². The molecule has 2 N–H and O–H groups in total. The summed E-state index contributed by atoms with van der Waals surface area (Å²) >= 11 is 0. The lowest BCUT2D eigenvalue weighted by Gasteiger charge is -2.04. The minimum Gasteiger partial charge on any atom is -0.367 e. The average molecular weight is 279 g/mol. The molecule has 0 aliphatic carbocycles. The van der Waals surface area contributed by atoms with Crippen LogP contribution in [0.1, 0.15) is 12.1 Å². The number of aromatic nitrogens is 4. The van der Waals surface area contributed by atoms with E-state index in [1.54, 1.807) is 0 Å². The normalized spacial score (nSPS) is 11.4. The van der Waals surface area contributed by atoms with E-state index in [1.807, 2.05) is 0 Å². The smallest absolute Gasteiger partial charge is 0.280 e. The second-order valence-corrected chi connectivity index (χ2v) is 4.04. The van der Waals surface area contributed by atoms with Gasteiger partial charge in [-0.15, -0.1) is 5.10 Å². The molecule has 0 radical (unpaired) electrons. The average Bonchev–Trinajstić information content (AvgIpc) is 2.75. The number of nitrogen functional groups attached to an aromatic ring is 1. The SMILES string of the molecule is Nc1ncc2c(F)cc(-c3cccc(C(F)F)n3)n2n1. The van der Waals surface area contributed by atoms with Gasteiger partial charge in [-0.25, -0.2) is 27.7 Å². The molecule has 20 heavy (non-hydrogen) atoms. The van der Waals surface area contributed by atoms with Crippen LogP contribution >= 0.6 is 0 Å². The summed E-state index contributed by atoms with van der Waals surface area (Å²) in [6.07, 6.45) is -1.48. The predicted molar refractivity (Wildman–Crippen MR) is 65.5 cm³/mol. The number of pyridine rings is 1. The molecule has 0 aliphatic rings. The van der Waals surface area contributed by atoms with Crippen LogP contribution in [0.3, 0.4) is 0 Å². The van der Waals surface area contributed by atoms with Crippen molar-refractivity contribution in [2.75, 3.05) is 5.73 Å². The molecule has 0 aliphatic heterocycles. The van der Waals surface area contributed by atoms with E-state index in [0.29, 0.717) is 0 Å². The van der Waals surface area contributed by atoms with Gasteiger partial charge in [0.1, 0.15) is 11.2 Å². The molecule has 0 fully saturated rings. The molecule has 0 atom stereocenters. The molecule has 3 rings (SSSR count). The third-order valence-electron chi connectivity index (χ3n) is 2.74. The molecule has 0 aromatic carbocycles. The van der Waals surface area contributed by atoms with Gasteiger partial charge in [-0.1, -0.05) is 6.07 Å². The first kappa shape index (κ1) is 12.4. The van der Waals surface area contributed by atoms with Crippen molar-refractivity contribution in [1.82, 2.24) is 19.6 Å². The molecule has 0 saturated heterocycles. The van der Waals surface area contributed by atoms with Gasteiger partial charge in [0.15, 0.2) is 5.82 Å². The number of halogens is 3. The van der Waals surface area contributed by atoms with Crippen molar-refractivity contribution < 1.29 is 13.2 Å². The number of nitrogens with zero attached hydrogens (tertiary/aromatic N) is 4.